The second-order valence-electron chi connectivity index (χ2n) is 4.20. The Labute approximate surface area is 125 Å². The van der Waals surface area contributed by atoms with Gasteiger partial charge in [-0.1, -0.05) is 0 Å². The van der Waals surface area contributed by atoms with Crippen LogP contribution < -0.4 is 10.6 Å². The molecule has 2 aromatic carbocycles. The normalized spacial score (nSPS) is 11.2. The Kier molecular flexibility index (Phi) is 5.24. The number of benzene rings is 2. The minimum absolute atomic E-state index is 0.219. The van der Waals surface area contributed by atoms with Crippen molar-refractivity contribution in [3.63, 3.8) is 0 Å². The number of hydrogen-bond donors (Lipinski definition) is 0. The van der Waals surface area contributed by atoms with E-state index < -0.39 is 4.71 Å². The molecule has 98 valence electrons. The summed E-state index contributed by atoms with van der Waals surface area (Å²) in [6.07, 6.45) is 0. The maximum absolute atomic E-state index is 11.3. The Hall–Kier alpha value is -0.591. The van der Waals surface area contributed by atoms with Gasteiger partial charge in [-0.3, -0.25) is 0 Å². The summed E-state index contributed by atoms with van der Waals surface area (Å²) in [7, 11) is 0. The Bertz CT molecular complexity index is 555. The number of Topliss-reactive ketones (excluding diaryl/α,β-unsaturated/α-hetero) is 1. The summed E-state index contributed by atoms with van der Waals surface area (Å²) in [5.74, 6) is 0.765. The van der Waals surface area contributed by atoms with Crippen LogP contribution in [0.2, 0.25) is 0 Å². The number of hydrogen-bond acceptors (Lipinski definition) is 2. The quantitative estimate of drug-likeness (QED) is 0.607. The molecule has 0 N–H and O–H groups in total. The van der Waals surface area contributed by atoms with Gasteiger partial charge < -0.3 is 0 Å². The minimum atomic E-state index is -1.66. The summed E-state index contributed by atoms with van der Waals surface area (Å²) in [5, 5.41) is 2.57. The molecule has 0 aliphatic carbocycles. The van der Waals surface area contributed by atoms with E-state index >= 15 is 0 Å². The van der Waals surface area contributed by atoms with Gasteiger partial charge in [-0.25, -0.2) is 0 Å². The molecule has 0 aromatic heterocycles. The molecule has 0 atom stereocenters. The van der Waals surface area contributed by atoms with E-state index in [-0.39, 0.29) is 5.78 Å². The van der Waals surface area contributed by atoms with Crippen molar-refractivity contribution in [3.8, 4) is 0 Å². The van der Waals surface area contributed by atoms with Gasteiger partial charge in [0, 0.05) is 0 Å². The fourth-order valence-corrected chi connectivity index (χ4v) is 9.06. The fourth-order valence-electron chi connectivity index (χ4n) is 1.73. The van der Waals surface area contributed by atoms with Crippen molar-refractivity contribution in [1.82, 2.24) is 0 Å². The average molecular weight is 353 g/mol. The molecule has 0 aliphatic rings. The zero-order chi connectivity index (χ0) is 13.7. The van der Waals surface area contributed by atoms with Crippen LogP contribution >= 0.6 is 16.1 Å². The first-order valence-corrected chi connectivity index (χ1v) is 11.6. The fraction of sp³-hybridized carbons (Fsp3) is 0.133. The third-order valence-corrected chi connectivity index (χ3v) is 12.9. The molecule has 0 saturated heterocycles. The van der Waals surface area contributed by atoms with Gasteiger partial charge in [0.15, 0.2) is 0 Å². The van der Waals surface area contributed by atoms with Gasteiger partial charge in [0.2, 0.25) is 0 Å². The van der Waals surface area contributed by atoms with Crippen molar-refractivity contribution in [2.75, 3.05) is 5.75 Å². The third-order valence-electron chi connectivity index (χ3n) is 2.64. The molecule has 2 rings (SSSR count). The third kappa shape index (κ3) is 3.70. The van der Waals surface area contributed by atoms with Crippen LogP contribution in [0, 0.1) is 0 Å². The van der Waals surface area contributed by atoms with Gasteiger partial charge in [-0.2, -0.15) is 0 Å². The topological polar surface area (TPSA) is 17.1 Å². The van der Waals surface area contributed by atoms with Crippen LogP contribution in [0.25, 0.3) is 0 Å². The molecular formula is C15H15OPSSe. The van der Waals surface area contributed by atoms with E-state index in [1.54, 1.807) is 18.3 Å². The Balaban J connectivity index is 2.45. The second-order valence-corrected chi connectivity index (χ2v) is 14.3. The molecule has 19 heavy (non-hydrogen) atoms. The maximum atomic E-state index is 11.3. The molecule has 0 bridgehead atoms. The molecule has 1 nitrogen and oxygen atoms in total. The molecule has 0 spiro atoms. The number of rotatable bonds is 5. The Morgan fingerprint density at radius 2 is 1.42 bits per heavy atom. The average Bonchev–Trinajstić information content (AvgIpc) is 2.46. The van der Waals surface area contributed by atoms with Crippen LogP contribution in [0.1, 0.15) is 6.92 Å². The zero-order valence-electron chi connectivity index (χ0n) is 10.7. The van der Waals surface area contributed by atoms with Gasteiger partial charge in [0.05, 0.1) is 0 Å². The molecule has 0 unspecified atom stereocenters. The van der Waals surface area contributed by atoms with Crippen molar-refractivity contribution in [2.45, 2.75) is 6.92 Å². The van der Waals surface area contributed by atoms with E-state index in [2.05, 4.69) is 63.6 Å². The summed E-state index contributed by atoms with van der Waals surface area (Å²) in [4.78, 5) is 11.3. The Morgan fingerprint density at radius 3 is 1.79 bits per heavy atom. The van der Waals surface area contributed by atoms with Gasteiger partial charge >= 0.3 is 126 Å². The van der Waals surface area contributed by atoms with Crippen LogP contribution in [-0.4, -0.2) is 26.6 Å². The standard InChI is InChI=1S/C15H15OPSSe/c1-13(16)12-18-17(19,14-8-4-2-5-9-14)15-10-6-3-7-11-15/h2-11H,12H2,1H3. The van der Waals surface area contributed by atoms with Gasteiger partial charge in [-0.15, -0.1) is 0 Å². The summed E-state index contributed by atoms with van der Waals surface area (Å²) < 4.78 is -1.66. The van der Waals surface area contributed by atoms with E-state index in [0.29, 0.717) is 5.75 Å². The summed E-state index contributed by atoms with van der Waals surface area (Å²) in [6, 6.07) is 20.8. The molecule has 0 heterocycles. The molecule has 0 aliphatic heterocycles. The van der Waals surface area contributed by atoms with E-state index in [9.17, 15) is 4.79 Å². The second kappa shape index (κ2) is 6.72. The first kappa shape index (κ1) is 14.8. The molecule has 0 radical (unpaired) electrons. The molecular weight excluding hydrogens is 338 g/mol. The van der Waals surface area contributed by atoms with Crippen molar-refractivity contribution < 1.29 is 4.79 Å². The number of ketones is 1. The van der Waals surface area contributed by atoms with Crippen molar-refractivity contribution >= 4 is 47.6 Å². The predicted octanol–water partition coefficient (Wildman–Crippen LogP) is 2.98. The number of carbonyl (C=O) groups is 1. The van der Waals surface area contributed by atoms with Crippen LogP contribution in [-0.2, 0) is 4.79 Å². The molecule has 0 amide bonds. The van der Waals surface area contributed by atoms with Gasteiger partial charge in [0.25, 0.3) is 0 Å². The van der Waals surface area contributed by atoms with Gasteiger partial charge in [-0.05, 0) is 0 Å². The van der Waals surface area contributed by atoms with Crippen LogP contribution in [0.4, 0.5) is 0 Å². The van der Waals surface area contributed by atoms with E-state index in [4.69, 9.17) is 0 Å². The van der Waals surface area contributed by atoms with Crippen LogP contribution in [0.5, 0.6) is 0 Å². The van der Waals surface area contributed by atoms with Crippen molar-refractivity contribution in [2.24, 2.45) is 0 Å². The molecule has 0 fully saturated rings. The monoisotopic (exact) mass is 354 g/mol. The molecule has 2 aromatic rings. The zero-order valence-corrected chi connectivity index (χ0v) is 14.1. The van der Waals surface area contributed by atoms with Crippen LogP contribution in [0.15, 0.2) is 60.7 Å². The van der Waals surface area contributed by atoms with E-state index in [0.717, 1.165) is 0 Å². The first-order chi connectivity index (χ1) is 9.13. The SMILES string of the molecule is CC(=O)CSP(=[Se])(c1ccccc1)c1ccccc1. The van der Waals surface area contributed by atoms with Crippen molar-refractivity contribution in [3.05, 3.63) is 60.7 Å². The molecule has 0 saturated carbocycles. The summed E-state index contributed by atoms with van der Waals surface area (Å²) in [5.41, 5.74) is 0. The predicted molar refractivity (Wildman–Crippen MR) is 88.0 cm³/mol. The first-order valence-electron chi connectivity index (χ1n) is 5.98. The van der Waals surface area contributed by atoms with Crippen LogP contribution in [0.3, 0.4) is 0 Å². The van der Waals surface area contributed by atoms with Crippen molar-refractivity contribution in [1.29, 1.82) is 0 Å². The van der Waals surface area contributed by atoms with Gasteiger partial charge in [0.1, 0.15) is 0 Å². The number of carbonyl (C=O) groups excluding carboxylic acids is 1. The van der Waals surface area contributed by atoms with E-state index in [1.165, 1.54) is 10.6 Å². The summed E-state index contributed by atoms with van der Waals surface area (Å²) in [6.45, 7) is 1.65. The molecule has 4 heteroatoms. The summed E-state index contributed by atoms with van der Waals surface area (Å²) >= 11 is 5.14. The Morgan fingerprint density at radius 1 is 1.00 bits per heavy atom. The van der Waals surface area contributed by atoms with E-state index in [1.807, 2.05) is 12.1 Å².